The van der Waals surface area contributed by atoms with E-state index in [0.29, 0.717) is 29.7 Å². The molecule has 2 rings (SSSR count). The summed E-state index contributed by atoms with van der Waals surface area (Å²) in [4.78, 5) is 8.24. The number of hydrogen-bond donors (Lipinski definition) is 2. The number of nitrogen functional groups attached to an aromatic ring is 1. The van der Waals surface area contributed by atoms with Gasteiger partial charge in [0.25, 0.3) is 0 Å². The Hall–Kier alpha value is -2.18. The van der Waals surface area contributed by atoms with Gasteiger partial charge in [-0.3, -0.25) is 0 Å². The van der Waals surface area contributed by atoms with Gasteiger partial charge in [-0.25, -0.2) is 4.98 Å². The molecule has 106 valence electrons. The first-order valence-electron chi connectivity index (χ1n) is 6.21. The van der Waals surface area contributed by atoms with Gasteiger partial charge in [-0.2, -0.15) is 4.98 Å². The lowest BCUT2D eigenvalue weighted by Gasteiger charge is -2.08. The molecule has 0 amide bonds. The molecule has 0 radical (unpaired) electrons. The van der Waals surface area contributed by atoms with Gasteiger partial charge < -0.3 is 20.3 Å². The standard InChI is InChI=1S/C14H17N3O3/c1-19-9-13-16-12(15)8-14(17-13)20-11-4-2-10(3-5-11)6-7-18/h2-5,8,18H,6-7,9H2,1H3,(H2,15,16,17). The fraction of sp³-hybridized carbons (Fsp3) is 0.286. The lowest BCUT2D eigenvalue weighted by molar-refractivity contribution is 0.177. The largest absolute Gasteiger partial charge is 0.439 e. The lowest BCUT2D eigenvalue weighted by atomic mass is 10.1. The summed E-state index contributed by atoms with van der Waals surface area (Å²) in [6, 6.07) is 8.98. The van der Waals surface area contributed by atoms with Crippen molar-refractivity contribution in [1.29, 1.82) is 0 Å². The Morgan fingerprint density at radius 2 is 1.95 bits per heavy atom. The molecule has 0 fully saturated rings. The number of nitrogens with two attached hydrogens (primary N) is 1. The molecule has 0 spiro atoms. The number of methoxy groups -OCH3 is 1. The minimum atomic E-state index is 0.128. The number of aromatic nitrogens is 2. The average Bonchev–Trinajstić information content (AvgIpc) is 2.41. The van der Waals surface area contributed by atoms with E-state index >= 15 is 0 Å². The zero-order valence-electron chi connectivity index (χ0n) is 11.2. The number of rotatable bonds is 6. The van der Waals surface area contributed by atoms with E-state index in [4.69, 9.17) is 20.3 Å². The van der Waals surface area contributed by atoms with Crippen LogP contribution in [0.2, 0.25) is 0 Å². The highest BCUT2D eigenvalue weighted by atomic mass is 16.5. The highest BCUT2D eigenvalue weighted by molar-refractivity contribution is 5.36. The van der Waals surface area contributed by atoms with Crippen LogP contribution < -0.4 is 10.5 Å². The molecule has 2 aromatic rings. The number of anilines is 1. The van der Waals surface area contributed by atoms with Crippen LogP contribution >= 0.6 is 0 Å². The SMILES string of the molecule is COCc1nc(N)cc(Oc2ccc(CCO)cc2)n1. The highest BCUT2D eigenvalue weighted by Crippen LogP contribution is 2.21. The van der Waals surface area contributed by atoms with E-state index in [1.54, 1.807) is 13.2 Å². The maximum atomic E-state index is 8.86. The summed E-state index contributed by atoms with van der Waals surface area (Å²) in [5.41, 5.74) is 6.74. The molecule has 0 atom stereocenters. The van der Waals surface area contributed by atoms with E-state index < -0.39 is 0 Å². The summed E-state index contributed by atoms with van der Waals surface area (Å²) in [5, 5.41) is 8.86. The molecule has 0 saturated carbocycles. The molecule has 20 heavy (non-hydrogen) atoms. The summed E-state index contributed by atoms with van der Waals surface area (Å²) in [5.74, 6) is 1.82. The fourth-order valence-electron chi connectivity index (χ4n) is 1.71. The van der Waals surface area contributed by atoms with Crippen molar-refractivity contribution in [2.24, 2.45) is 0 Å². The summed E-state index contributed by atoms with van der Waals surface area (Å²) < 4.78 is 10.6. The third kappa shape index (κ3) is 3.91. The predicted octanol–water partition coefficient (Wildman–Crippen LogP) is 1.53. The van der Waals surface area contributed by atoms with Gasteiger partial charge in [0.15, 0.2) is 5.82 Å². The Balaban J connectivity index is 2.12. The Kier molecular flexibility index (Phi) is 4.86. The number of nitrogens with zero attached hydrogens (tertiary/aromatic N) is 2. The Labute approximate surface area is 117 Å². The number of aliphatic hydroxyl groups is 1. The van der Waals surface area contributed by atoms with Crippen LogP contribution in [-0.2, 0) is 17.8 Å². The molecule has 0 aliphatic carbocycles. The van der Waals surface area contributed by atoms with Crippen molar-refractivity contribution < 1.29 is 14.6 Å². The number of benzene rings is 1. The molecular formula is C14H17N3O3. The topological polar surface area (TPSA) is 90.5 Å². The molecule has 0 aliphatic rings. The Bertz CT molecular complexity index is 558. The minimum Gasteiger partial charge on any atom is -0.439 e. The first kappa shape index (κ1) is 14.2. The zero-order valence-corrected chi connectivity index (χ0v) is 11.2. The van der Waals surface area contributed by atoms with Crippen LogP contribution in [0.1, 0.15) is 11.4 Å². The summed E-state index contributed by atoms with van der Waals surface area (Å²) in [6.45, 7) is 0.403. The van der Waals surface area contributed by atoms with E-state index in [-0.39, 0.29) is 13.2 Å². The molecule has 0 aliphatic heterocycles. The first-order valence-corrected chi connectivity index (χ1v) is 6.21. The molecule has 0 bridgehead atoms. The molecule has 0 saturated heterocycles. The monoisotopic (exact) mass is 275 g/mol. The fourth-order valence-corrected chi connectivity index (χ4v) is 1.71. The molecule has 6 nitrogen and oxygen atoms in total. The summed E-state index contributed by atoms with van der Waals surface area (Å²) in [7, 11) is 1.56. The van der Waals surface area contributed by atoms with Crippen molar-refractivity contribution >= 4 is 5.82 Å². The van der Waals surface area contributed by atoms with Crippen molar-refractivity contribution in [2.45, 2.75) is 13.0 Å². The van der Waals surface area contributed by atoms with Gasteiger partial charge >= 0.3 is 0 Å². The summed E-state index contributed by atoms with van der Waals surface area (Å²) in [6.07, 6.45) is 0.624. The van der Waals surface area contributed by atoms with Crippen LogP contribution in [0.15, 0.2) is 30.3 Å². The normalized spacial score (nSPS) is 10.5. The lowest BCUT2D eigenvalue weighted by Crippen LogP contribution is -2.02. The van der Waals surface area contributed by atoms with Gasteiger partial charge in [0.05, 0.1) is 0 Å². The van der Waals surface area contributed by atoms with Crippen LogP contribution in [-0.4, -0.2) is 28.8 Å². The van der Waals surface area contributed by atoms with E-state index in [9.17, 15) is 0 Å². The number of aliphatic hydroxyl groups excluding tert-OH is 1. The second kappa shape index (κ2) is 6.83. The smallest absolute Gasteiger partial charge is 0.224 e. The van der Waals surface area contributed by atoms with Gasteiger partial charge in [0, 0.05) is 19.8 Å². The first-order chi connectivity index (χ1) is 9.71. The molecule has 1 heterocycles. The van der Waals surface area contributed by atoms with Crippen LogP contribution in [0.25, 0.3) is 0 Å². The van der Waals surface area contributed by atoms with Crippen LogP contribution in [0.4, 0.5) is 5.82 Å². The van der Waals surface area contributed by atoms with Gasteiger partial charge in [0.1, 0.15) is 18.2 Å². The maximum Gasteiger partial charge on any atom is 0.224 e. The second-order valence-corrected chi connectivity index (χ2v) is 4.20. The molecule has 0 unspecified atom stereocenters. The van der Waals surface area contributed by atoms with E-state index in [1.165, 1.54) is 0 Å². The number of ether oxygens (including phenoxy) is 2. The zero-order chi connectivity index (χ0) is 14.4. The molecular weight excluding hydrogens is 258 g/mol. The van der Waals surface area contributed by atoms with Crippen LogP contribution in [0.3, 0.4) is 0 Å². The van der Waals surface area contributed by atoms with Crippen molar-refractivity contribution in [1.82, 2.24) is 9.97 Å². The molecule has 3 N–H and O–H groups in total. The number of hydrogen-bond acceptors (Lipinski definition) is 6. The average molecular weight is 275 g/mol. The predicted molar refractivity (Wildman–Crippen MR) is 74.5 cm³/mol. The van der Waals surface area contributed by atoms with Gasteiger partial charge in [0.2, 0.25) is 5.88 Å². The van der Waals surface area contributed by atoms with E-state index in [1.807, 2.05) is 24.3 Å². The highest BCUT2D eigenvalue weighted by Gasteiger charge is 2.05. The Morgan fingerprint density at radius 1 is 1.20 bits per heavy atom. The van der Waals surface area contributed by atoms with Crippen molar-refractivity contribution in [3.05, 3.63) is 41.7 Å². The van der Waals surface area contributed by atoms with Crippen molar-refractivity contribution in [2.75, 3.05) is 19.5 Å². The Morgan fingerprint density at radius 3 is 2.60 bits per heavy atom. The van der Waals surface area contributed by atoms with E-state index in [0.717, 1.165) is 5.56 Å². The van der Waals surface area contributed by atoms with Gasteiger partial charge in [-0.05, 0) is 24.1 Å². The van der Waals surface area contributed by atoms with E-state index in [2.05, 4.69) is 9.97 Å². The second-order valence-electron chi connectivity index (χ2n) is 4.20. The van der Waals surface area contributed by atoms with Gasteiger partial charge in [-0.1, -0.05) is 12.1 Å². The summed E-state index contributed by atoms with van der Waals surface area (Å²) >= 11 is 0. The van der Waals surface area contributed by atoms with Crippen LogP contribution in [0, 0.1) is 0 Å². The molecule has 1 aromatic heterocycles. The molecule has 6 heteroatoms. The quantitative estimate of drug-likeness (QED) is 0.831. The maximum absolute atomic E-state index is 8.86. The third-order valence-electron chi connectivity index (χ3n) is 2.59. The minimum absolute atomic E-state index is 0.128. The van der Waals surface area contributed by atoms with Crippen molar-refractivity contribution in [3.8, 4) is 11.6 Å². The van der Waals surface area contributed by atoms with Crippen molar-refractivity contribution in [3.63, 3.8) is 0 Å². The molecule has 1 aromatic carbocycles. The van der Waals surface area contributed by atoms with Gasteiger partial charge in [-0.15, -0.1) is 0 Å². The third-order valence-corrected chi connectivity index (χ3v) is 2.59. The van der Waals surface area contributed by atoms with Crippen LogP contribution in [0.5, 0.6) is 11.6 Å².